The molecule has 4 rings (SSSR count). The topological polar surface area (TPSA) is 117 Å². The van der Waals surface area contributed by atoms with Gasteiger partial charge in [0.2, 0.25) is 5.91 Å². The maximum absolute atomic E-state index is 13.3. The van der Waals surface area contributed by atoms with Crippen molar-refractivity contribution in [2.45, 2.75) is 19.4 Å². The van der Waals surface area contributed by atoms with E-state index in [0.717, 1.165) is 26.2 Å². The van der Waals surface area contributed by atoms with Crippen LogP contribution in [0.2, 0.25) is 5.02 Å². The van der Waals surface area contributed by atoms with Crippen molar-refractivity contribution in [2.24, 2.45) is 0 Å². The minimum Gasteiger partial charge on any atom is -0.495 e. The molecule has 11 heteroatoms. The number of amides is 1. The summed E-state index contributed by atoms with van der Waals surface area (Å²) >= 11 is 6.15. The average Bonchev–Trinajstić information content (AvgIpc) is 2.99. The number of ether oxygens (including phenoxy) is 2. The molecule has 1 aliphatic rings. The number of nitriles is 1. The first-order valence-corrected chi connectivity index (χ1v) is 14.1. The molecule has 0 bridgehead atoms. The summed E-state index contributed by atoms with van der Waals surface area (Å²) in [5, 5.41) is 12.8. The van der Waals surface area contributed by atoms with Crippen LogP contribution < -0.4 is 15.6 Å². The number of pyridine rings is 1. The van der Waals surface area contributed by atoms with E-state index in [1.807, 2.05) is 0 Å². The number of nitrogens with zero attached hydrogens (tertiary/aromatic N) is 4. The third-order valence-electron chi connectivity index (χ3n) is 7.31. The van der Waals surface area contributed by atoms with Crippen LogP contribution in [-0.4, -0.2) is 79.7 Å². The molecule has 42 heavy (non-hydrogen) atoms. The summed E-state index contributed by atoms with van der Waals surface area (Å²) < 4.78 is 12.3. The van der Waals surface area contributed by atoms with Crippen molar-refractivity contribution >= 4 is 29.2 Å². The summed E-state index contributed by atoms with van der Waals surface area (Å²) in [6.45, 7) is 6.70. The Hall–Kier alpha value is -4.17. The van der Waals surface area contributed by atoms with Gasteiger partial charge in [0, 0.05) is 60.6 Å². The summed E-state index contributed by atoms with van der Waals surface area (Å²) in [5.74, 6) is -0.515. The zero-order chi connectivity index (χ0) is 30.2. The number of piperazine rings is 1. The maximum atomic E-state index is 13.3. The molecule has 0 radical (unpaired) electrons. The highest BCUT2D eigenvalue weighted by Gasteiger charge is 2.23. The Labute approximate surface area is 250 Å². The van der Waals surface area contributed by atoms with Gasteiger partial charge in [0.05, 0.1) is 30.5 Å². The Morgan fingerprint density at radius 3 is 2.43 bits per heavy atom. The highest BCUT2D eigenvalue weighted by atomic mass is 35.5. The van der Waals surface area contributed by atoms with Gasteiger partial charge in [-0.3, -0.25) is 19.1 Å². The molecule has 220 valence electrons. The van der Waals surface area contributed by atoms with Gasteiger partial charge in [-0.1, -0.05) is 18.5 Å². The lowest BCUT2D eigenvalue weighted by Crippen LogP contribution is -2.45. The fourth-order valence-corrected chi connectivity index (χ4v) is 5.00. The molecule has 1 N–H and O–H groups in total. The molecule has 1 fully saturated rings. The van der Waals surface area contributed by atoms with Crippen molar-refractivity contribution in [3.05, 3.63) is 81.2 Å². The Bertz CT molecular complexity index is 1520. The first-order chi connectivity index (χ1) is 20.2. The number of carbonyl (C=O) groups is 2. The molecule has 1 unspecified atom stereocenters. The fourth-order valence-electron chi connectivity index (χ4n) is 4.83. The second-order valence-electron chi connectivity index (χ2n) is 10.1. The maximum Gasteiger partial charge on any atom is 0.338 e. The minimum atomic E-state index is -0.838. The minimum absolute atomic E-state index is 0.311. The van der Waals surface area contributed by atoms with Gasteiger partial charge in [-0.2, -0.15) is 5.26 Å². The number of rotatable bonds is 10. The summed E-state index contributed by atoms with van der Waals surface area (Å²) in [5.41, 5.74) is 1.61. The van der Waals surface area contributed by atoms with Crippen molar-refractivity contribution in [1.29, 1.82) is 5.26 Å². The molecule has 2 aromatic carbocycles. The van der Waals surface area contributed by atoms with E-state index < -0.39 is 23.5 Å². The van der Waals surface area contributed by atoms with Gasteiger partial charge in [0.1, 0.15) is 18.4 Å². The van der Waals surface area contributed by atoms with Crippen LogP contribution in [0, 0.1) is 11.3 Å². The predicted molar refractivity (Wildman–Crippen MR) is 161 cm³/mol. The third kappa shape index (κ3) is 7.36. The normalized spacial score (nSPS) is 14.5. The number of methoxy groups -OCH3 is 1. The van der Waals surface area contributed by atoms with Gasteiger partial charge in [-0.05, 0) is 55.9 Å². The molecule has 1 aromatic heterocycles. The van der Waals surface area contributed by atoms with Crippen molar-refractivity contribution in [2.75, 3.05) is 58.8 Å². The molecule has 1 atom stereocenters. The number of hydrogen-bond acceptors (Lipinski definition) is 8. The van der Waals surface area contributed by atoms with Crippen molar-refractivity contribution in [3.63, 3.8) is 0 Å². The van der Waals surface area contributed by atoms with Gasteiger partial charge in [0.25, 0.3) is 5.56 Å². The van der Waals surface area contributed by atoms with Crippen LogP contribution in [0.3, 0.4) is 0 Å². The number of halogens is 1. The van der Waals surface area contributed by atoms with E-state index >= 15 is 0 Å². The summed E-state index contributed by atoms with van der Waals surface area (Å²) in [4.78, 5) is 43.5. The van der Waals surface area contributed by atoms with Crippen LogP contribution in [0.5, 0.6) is 5.75 Å². The van der Waals surface area contributed by atoms with Gasteiger partial charge in [-0.15, -0.1) is 0 Å². The lowest BCUT2D eigenvalue weighted by atomic mass is 10.00. The number of nitrogens with one attached hydrogen (secondary N) is 1. The number of anilines is 1. The Morgan fingerprint density at radius 1 is 1.07 bits per heavy atom. The quantitative estimate of drug-likeness (QED) is 0.351. The average molecular weight is 592 g/mol. The molecule has 1 amide bonds. The van der Waals surface area contributed by atoms with Crippen LogP contribution in [0.4, 0.5) is 5.69 Å². The van der Waals surface area contributed by atoms with E-state index in [2.05, 4.69) is 28.2 Å². The van der Waals surface area contributed by atoms with Crippen molar-refractivity contribution in [3.8, 4) is 22.9 Å². The smallest absolute Gasteiger partial charge is 0.338 e. The van der Waals surface area contributed by atoms with Crippen LogP contribution in [0.15, 0.2) is 59.5 Å². The van der Waals surface area contributed by atoms with Crippen molar-refractivity contribution in [1.82, 2.24) is 14.4 Å². The molecule has 0 aliphatic carbocycles. The Morgan fingerprint density at radius 2 is 1.79 bits per heavy atom. The van der Waals surface area contributed by atoms with E-state index in [9.17, 15) is 19.6 Å². The second kappa shape index (κ2) is 14.1. The molecule has 10 nitrogen and oxygen atoms in total. The molecule has 3 aromatic rings. The number of esters is 1. The molecule has 0 saturated carbocycles. The summed E-state index contributed by atoms with van der Waals surface area (Å²) in [6.07, 6.45) is 1.79. The molecular formula is C31H34ClN5O5. The lowest BCUT2D eigenvalue weighted by Gasteiger charge is -2.32. The van der Waals surface area contributed by atoms with Crippen molar-refractivity contribution < 1.29 is 19.1 Å². The van der Waals surface area contributed by atoms with Gasteiger partial charge in [0.15, 0.2) is 0 Å². The first-order valence-electron chi connectivity index (χ1n) is 13.7. The molecule has 0 spiro atoms. The van der Waals surface area contributed by atoms with Gasteiger partial charge in [-0.25, -0.2) is 4.79 Å². The van der Waals surface area contributed by atoms with Crippen LogP contribution in [-0.2, 0) is 9.53 Å². The highest BCUT2D eigenvalue weighted by Crippen LogP contribution is 2.33. The Kier molecular flexibility index (Phi) is 10.4. The summed E-state index contributed by atoms with van der Waals surface area (Å²) in [6, 6.07) is 13.8. The number of hydrogen-bond donors (Lipinski definition) is 1. The van der Waals surface area contributed by atoms with Gasteiger partial charge < -0.3 is 19.7 Å². The zero-order valence-electron chi connectivity index (χ0n) is 23.9. The first kappa shape index (κ1) is 30.8. The van der Waals surface area contributed by atoms with Gasteiger partial charge >= 0.3 is 5.97 Å². The van der Waals surface area contributed by atoms with Crippen LogP contribution in [0.25, 0.3) is 11.1 Å². The molecular weight excluding hydrogens is 558 g/mol. The number of benzene rings is 2. The number of carbonyl (C=O) groups excluding carboxylic acids is 2. The fraction of sp³-hybridized carbons (Fsp3) is 0.355. The second-order valence-corrected chi connectivity index (χ2v) is 10.5. The van der Waals surface area contributed by atoms with E-state index in [4.69, 9.17) is 21.1 Å². The summed E-state index contributed by atoms with van der Waals surface area (Å²) in [7, 11) is 3.54. The monoisotopic (exact) mass is 591 g/mol. The SMILES string of the molecule is CCC(C(=O)Nc1ccc(C(=O)OCCN2CCN(C)CC2)cc1)n1cc(OC)c(-c2cc(Cl)ccc2C#N)cc1=O. The van der Waals surface area contributed by atoms with Crippen LogP contribution in [0.1, 0.15) is 35.3 Å². The standard InChI is InChI=1S/C31H34ClN5O5/c1-4-27(37-20-28(41-3)26(18-29(37)38)25-17-23(32)8-5-22(25)19-33)30(39)34-24-9-6-21(7-10-24)31(40)42-16-15-36-13-11-35(2)12-14-36/h5-10,17-18,20,27H,4,11-16H2,1-3H3,(H,34,39). The highest BCUT2D eigenvalue weighted by molar-refractivity contribution is 6.31. The zero-order valence-corrected chi connectivity index (χ0v) is 24.7. The number of likely N-dealkylation sites (N-methyl/N-ethyl adjacent to an activating group) is 1. The molecule has 1 saturated heterocycles. The van der Waals surface area contributed by atoms with Crippen LogP contribution >= 0.6 is 11.6 Å². The van der Waals surface area contributed by atoms with E-state index in [1.54, 1.807) is 49.4 Å². The molecule has 1 aliphatic heterocycles. The number of aromatic nitrogens is 1. The van der Waals surface area contributed by atoms with E-state index in [0.29, 0.717) is 58.3 Å². The molecule has 2 heterocycles. The Balaban J connectivity index is 1.43. The van der Waals surface area contributed by atoms with E-state index in [-0.39, 0.29) is 0 Å². The lowest BCUT2D eigenvalue weighted by molar-refractivity contribution is -0.119. The largest absolute Gasteiger partial charge is 0.495 e. The van der Waals surface area contributed by atoms with E-state index in [1.165, 1.54) is 23.9 Å². The predicted octanol–water partition coefficient (Wildman–Crippen LogP) is 4.04. The third-order valence-corrected chi connectivity index (χ3v) is 7.54.